The van der Waals surface area contributed by atoms with Gasteiger partial charge in [0, 0.05) is 24.4 Å². The van der Waals surface area contributed by atoms with E-state index in [2.05, 4.69) is 4.98 Å². The Balaban J connectivity index is 2.18. The van der Waals surface area contributed by atoms with Gasteiger partial charge in [-0.05, 0) is 35.9 Å². The second-order valence-electron chi connectivity index (χ2n) is 3.66. The Kier molecular flexibility index (Phi) is 3.05. The van der Waals surface area contributed by atoms with Crippen LogP contribution in [0.1, 0.15) is 15.9 Å². The van der Waals surface area contributed by atoms with E-state index in [1.807, 2.05) is 0 Å². The Morgan fingerprint density at radius 1 is 1.06 bits per heavy atom. The number of carbonyl (C=O) groups excluding carboxylic acids is 1. The van der Waals surface area contributed by atoms with Gasteiger partial charge in [-0.1, -0.05) is 0 Å². The van der Waals surface area contributed by atoms with Crippen molar-refractivity contribution in [2.24, 2.45) is 0 Å². The zero-order valence-electron chi connectivity index (χ0n) is 9.00. The first-order valence-electron chi connectivity index (χ1n) is 5.11. The van der Waals surface area contributed by atoms with Gasteiger partial charge in [-0.3, -0.25) is 9.78 Å². The molecule has 0 amide bonds. The number of benzene rings is 1. The minimum atomic E-state index is -0.287. The van der Waals surface area contributed by atoms with Gasteiger partial charge in [0.25, 0.3) is 0 Å². The molecule has 0 bridgehead atoms. The lowest BCUT2D eigenvalue weighted by molar-refractivity contribution is 0.0992. The molecule has 0 aliphatic rings. The van der Waals surface area contributed by atoms with Crippen LogP contribution in [0.2, 0.25) is 0 Å². The highest BCUT2D eigenvalue weighted by atomic mass is 16.3. The van der Waals surface area contributed by atoms with E-state index in [-0.39, 0.29) is 23.7 Å². The van der Waals surface area contributed by atoms with Gasteiger partial charge in [0.2, 0.25) is 0 Å². The third kappa shape index (κ3) is 2.60. The second kappa shape index (κ2) is 4.65. The van der Waals surface area contributed by atoms with Gasteiger partial charge in [0.1, 0.15) is 0 Å². The van der Waals surface area contributed by atoms with Crippen LogP contribution in [-0.2, 0) is 6.42 Å². The van der Waals surface area contributed by atoms with Gasteiger partial charge >= 0.3 is 0 Å². The SMILES string of the molecule is O=C(Cc1ccncc1)c1ccc(O)c(O)c1. The number of aromatic nitrogens is 1. The molecule has 2 aromatic rings. The molecule has 4 nitrogen and oxygen atoms in total. The largest absolute Gasteiger partial charge is 0.504 e. The Morgan fingerprint density at radius 2 is 1.76 bits per heavy atom. The summed E-state index contributed by atoms with van der Waals surface area (Å²) < 4.78 is 0. The molecular weight excluding hydrogens is 218 g/mol. The van der Waals surface area contributed by atoms with Crippen LogP contribution in [0.3, 0.4) is 0 Å². The number of pyridine rings is 1. The Morgan fingerprint density at radius 3 is 2.41 bits per heavy atom. The molecule has 17 heavy (non-hydrogen) atoms. The molecule has 2 rings (SSSR count). The van der Waals surface area contributed by atoms with E-state index < -0.39 is 0 Å². The lowest BCUT2D eigenvalue weighted by Crippen LogP contribution is -2.03. The van der Waals surface area contributed by atoms with Crippen LogP contribution in [0.4, 0.5) is 0 Å². The fourth-order valence-corrected chi connectivity index (χ4v) is 1.48. The molecule has 0 radical (unpaired) electrons. The Labute approximate surface area is 98.2 Å². The standard InChI is InChI=1S/C13H11NO3/c15-11-2-1-10(8-13(11)17)12(16)7-9-3-5-14-6-4-9/h1-6,8,15,17H,7H2. The maximum Gasteiger partial charge on any atom is 0.167 e. The Hall–Kier alpha value is -2.36. The predicted octanol–water partition coefficient (Wildman–Crippen LogP) is 1.92. The topological polar surface area (TPSA) is 70.4 Å². The second-order valence-corrected chi connectivity index (χ2v) is 3.66. The monoisotopic (exact) mass is 229 g/mol. The van der Waals surface area contributed by atoms with E-state index in [1.54, 1.807) is 24.5 Å². The number of aromatic hydroxyl groups is 2. The van der Waals surface area contributed by atoms with Gasteiger partial charge in [0.15, 0.2) is 17.3 Å². The van der Waals surface area contributed by atoms with Gasteiger partial charge in [-0.15, -0.1) is 0 Å². The smallest absolute Gasteiger partial charge is 0.167 e. The van der Waals surface area contributed by atoms with E-state index in [9.17, 15) is 9.90 Å². The third-order valence-electron chi connectivity index (χ3n) is 2.41. The number of Topliss-reactive ketones (excluding diaryl/α,β-unsaturated/α-hetero) is 1. The molecule has 2 N–H and O–H groups in total. The van der Waals surface area contributed by atoms with Gasteiger partial charge in [-0.25, -0.2) is 0 Å². The first-order valence-corrected chi connectivity index (χ1v) is 5.11. The maximum atomic E-state index is 11.9. The summed E-state index contributed by atoms with van der Waals surface area (Å²) >= 11 is 0. The number of hydrogen-bond acceptors (Lipinski definition) is 4. The molecule has 1 aromatic heterocycles. The molecule has 0 aliphatic carbocycles. The summed E-state index contributed by atoms with van der Waals surface area (Å²) in [6, 6.07) is 7.57. The number of hydrogen-bond donors (Lipinski definition) is 2. The van der Waals surface area contributed by atoms with Crippen molar-refractivity contribution in [1.82, 2.24) is 4.98 Å². The van der Waals surface area contributed by atoms with Crippen LogP contribution in [0.25, 0.3) is 0 Å². The molecule has 0 saturated carbocycles. The lowest BCUT2D eigenvalue weighted by atomic mass is 10.0. The molecule has 1 heterocycles. The van der Waals surface area contributed by atoms with Gasteiger partial charge in [-0.2, -0.15) is 0 Å². The summed E-state index contributed by atoms with van der Waals surface area (Å²) in [4.78, 5) is 15.7. The van der Waals surface area contributed by atoms with E-state index in [0.29, 0.717) is 5.56 Å². The molecule has 0 aliphatic heterocycles. The van der Waals surface area contributed by atoms with Crippen molar-refractivity contribution in [3.63, 3.8) is 0 Å². The molecule has 86 valence electrons. The fourth-order valence-electron chi connectivity index (χ4n) is 1.48. The molecular formula is C13H11NO3. The van der Waals surface area contributed by atoms with Gasteiger partial charge in [0.05, 0.1) is 0 Å². The summed E-state index contributed by atoms with van der Waals surface area (Å²) in [6.07, 6.45) is 3.49. The summed E-state index contributed by atoms with van der Waals surface area (Å²) in [7, 11) is 0. The van der Waals surface area contributed by atoms with Crippen LogP contribution in [0, 0.1) is 0 Å². The van der Waals surface area contributed by atoms with Crippen molar-refractivity contribution >= 4 is 5.78 Å². The molecule has 0 fully saturated rings. The highest BCUT2D eigenvalue weighted by molar-refractivity contribution is 5.98. The first kappa shape index (κ1) is 11.1. The molecule has 1 aromatic carbocycles. The van der Waals surface area contributed by atoms with Crippen molar-refractivity contribution in [3.05, 3.63) is 53.9 Å². The van der Waals surface area contributed by atoms with E-state index in [1.165, 1.54) is 18.2 Å². The van der Waals surface area contributed by atoms with Crippen LogP contribution in [0.5, 0.6) is 11.5 Å². The van der Waals surface area contributed by atoms with Crippen molar-refractivity contribution in [1.29, 1.82) is 0 Å². The van der Waals surface area contributed by atoms with Crippen molar-refractivity contribution in [2.45, 2.75) is 6.42 Å². The molecule has 0 spiro atoms. The van der Waals surface area contributed by atoms with Crippen LogP contribution in [-0.4, -0.2) is 21.0 Å². The fraction of sp³-hybridized carbons (Fsp3) is 0.0769. The van der Waals surface area contributed by atoms with Crippen LogP contribution in [0.15, 0.2) is 42.7 Å². The zero-order valence-corrected chi connectivity index (χ0v) is 9.00. The molecule has 0 saturated heterocycles. The minimum Gasteiger partial charge on any atom is -0.504 e. The average molecular weight is 229 g/mol. The predicted molar refractivity (Wildman–Crippen MR) is 62.0 cm³/mol. The summed E-state index contributed by atoms with van der Waals surface area (Å²) in [5.41, 5.74) is 1.23. The average Bonchev–Trinajstić information content (AvgIpc) is 2.34. The molecule has 4 heteroatoms. The summed E-state index contributed by atoms with van der Waals surface area (Å²) in [6.45, 7) is 0. The number of nitrogens with zero attached hydrogens (tertiary/aromatic N) is 1. The zero-order chi connectivity index (χ0) is 12.3. The lowest BCUT2D eigenvalue weighted by Gasteiger charge is -2.03. The highest BCUT2D eigenvalue weighted by Crippen LogP contribution is 2.25. The third-order valence-corrected chi connectivity index (χ3v) is 2.41. The van der Waals surface area contributed by atoms with Crippen molar-refractivity contribution in [2.75, 3.05) is 0 Å². The van der Waals surface area contributed by atoms with E-state index in [0.717, 1.165) is 5.56 Å². The number of phenolic OH excluding ortho intramolecular Hbond substituents is 2. The minimum absolute atomic E-state index is 0.119. The number of rotatable bonds is 3. The number of ketones is 1. The molecule has 0 unspecified atom stereocenters. The first-order chi connectivity index (χ1) is 8.16. The quantitative estimate of drug-likeness (QED) is 0.623. The van der Waals surface area contributed by atoms with E-state index >= 15 is 0 Å². The molecule has 0 atom stereocenters. The van der Waals surface area contributed by atoms with Crippen LogP contribution >= 0.6 is 0 Å². The summed E-state index contributed by atoms with van der Waals surface area (Å²) in [5.74, 6) is -0.637. The van der Waals surface area contributed by atoms with Gasteiger partial charge < -0.3 is 10.2 Å². The number of phenols is 2. The van der Waals surface area contributed by atoms with Crippen LogP contribution < -0.4 is 0 Å². The van der Waals surface area contributed by atoms with Crippen molar-refractivity contribution < 1.29 is 15.0 Å². The number of carbonyl (C=O) groups is 1. The maximum absolute atomic E-state index is 11.9. The summed E-state index contributed by atoms with van der Waals surface area (Å²) in [5, 5.41) is 18.4. The highest BCUT2D eigenvalue weighted by Gasteiger charge is 2.09. The normalized spacial score (nSPS) is 10.1. The Bertz CT molecular complexity index is 538. The van der Waals surface area contributed by atoms with Crippen molar-refractivity contribution in [3.8, 4) is 11.5 Å². The van der Waals surface area contributed by atoms with E-state index in [4.69, 9.17) is 5.11 Å².